The second-order valence-corrected chi connectivity index (χ2v) is 12.7. The van der Waals surface area contributed by atoms with Crippen molar-refractivity contribution in [3.8, 4) is 17.1 Å². The molecule has 2 N–H and O–H groups in total. The zero-order chi connectivity index (χ0) is 29.1. The Kier molecular flexibility index (Phi) is 8.55. The van der Waals surface area contributed by atoms with Gasteiger partial charge in [-0.2, -0.15) is 0 Å². The highest BCUT2D eigenvalue weighted by Gasteiger charge is 2.21. The fourth-order valence-electron chi connectivity index (χ4n) is 3.84. The number of sulfonamides is 1. The summed E-state index contributed by atoms with van der Waals surface area (Å²) in [5.41, 5.74) is 1.65. The molecule has 0 aliphatic heterocycles. The molecule has 0 aliphatic carbocycles. The zero-order valence-corrected chi connectivity index (χ0v) is 24.8. The van der Waals surface area contributed by atoms with Crippen LogP contribution in [0.25, 0.3) is 22.3 Å². The van der Waals surface area contributed by atoms with E-state index in [1.165, 1.54) is 0 Å². The number of carbonyl (C=O) groups is 1. The predicted octanol–water partition coefficient (Wildman–Crippen LogP) is 6.20. The van der Waals surface area contributed by atoms with E-state index in [-0.39, 0.29) is 30.0 Å². The largest absolute Gasteiger partial charge is 0.481 e. The van der Waals surface area contributed by atoms with Gasteiger partial charge < -0.3 is 19.2 Å². The average Bonchev–Trinajstić information content (AvgIpc) is 2.86. The SMILES string of the molecule is CC(C)(C)OC(=O)NCc1cc(Br)c2oc(-c3ccc(NS(C)(=O)=O)cc3)c(OCc3ccccc3)c(=O)c2c1. The fourth-order valence-corrected chi connectivity index (χ4v) is 4.99. The first-order valence-corrected chi connectivity index (χ1v) is 15.0. The van der Waals surface area contributed by atoms with Crippen LogP contribution in [0, 0.1) is 0 Å². The minimum atomic E-state index is -3.46. The number of carbonyl (C=O) groups excluding carboxylic acids is 1. The highest BCUT2D eigenvalue weighted by molar-refractivity contribution is 9.10. The third-order valence-electron chi connectivity index (χ3n) is 5.48. The van der Waals surface area contributed by atoms with Gasteiger partial charge in [-0.25, -0.2) is 13.2 Å². The lowest BCUT2D eigenvalue weighted by atomic mass is 10.1. The molecule has 0 fully saturated rings. The molecule has 9 nitrogen and oxygen atoms in total. The van der Waals surface area contributed by atoms with Crippen LogP contribution >= 0.6 is 15.9 Å². The lowest BCUT2D eigenvalue weighted by Crippen LogP contribution is -2.32. The van der Waals surface area contributed by atoms with Gasteiger partial charge in [-0.15, -0.1) is 0 Å². The molecule has 0 saturated carbocycles. The smallest absolute Gasteiger partial charge is 0.407 e. The first-order chi connectivity index (χ1) is 18.8. The second-order valence-electron chi connectivity index (χ2n) is 10.1. The van der Waals surface area contributed by atoms with E-state index in [4.69, 9.17) is 13.9 Å². The van der Waals surface area contributed by atoms with E-state index in [1.54, 1.807) is 57.2 Å². The van der Waals surface area contributed by atoms with Crippen LogP contribution in [0.5, 0.6) is 5.75 Å². The van der Waals surface area contributed by atoms with Gasteiger partial charge in [0.25, 0.3) is 0 Å². The molecule has 3 aromatic carbocycles. The molecule has 0 spiro atoms. The molecule has 0 bridgehead atoms. The summed E-state index contributed by atoms with van der Waals surface area (Å²) in [5, 5.41) is 2.95. The third kappa shape index (κ3) is 7.64. The van der Waals surface area contributed by atoms with Gasteiger partial charge in [0.1, 0.15) is 12.2 Å². The quantitative estimate of drug-likeness (QED) is 0.238. The maximum absolute atomic E-state index is 13.8. The summed E-state index contributed by atoms with van der Waals surface area (Å²) in [4.78, 5) is 26.0. The van der Waals surface area contributed by atoms with E-state index in [1.807, 2.05) is 30.3 Å². The lowest BCUT2D eigenvalue weighted by Gasteiger charge is -2.19. The van der Waals surface area contributed by atoms with Gasteiger partial charge in [0.05, 0.1) is 16.1 Å². The Morgan fingerprint density at radius 2 is 1.68 bits per heavy atom. The Balaban J connectivity index is 1.75. The monoisotopic (exact) mass is 628 g/mol. The van der Waals surface area contributed by atoms with Gasteiger partial charge >= 0.3 is 6.09 Å². The number of alkyl carbamates (subject to hydrolysis) is 1. The summed E-state index contributed by atoms with van der Waals surface area (Å²) in [5.74, 6) is 0.198. The van der Waals surface area contributed by atoms with Crippen LogP contribution in [0.1, 0.15) is 31.9 Å². The van der Waals surface area contributed by atoms with E-state index in [9.17, 15) is 18.0 Å². The van der Waals surface area contributed by atoms with Crippen LogP contribution in [0.15, 0.2) is 80.4 Å². The fraction of sp³-hybridized carbons (Fsp3) is 0.241. The Morgan fingerprint density at radius 1 is 1.00 bits per heavy atom. The molecule has 0 radical (unpaired) electrons. The molecule has 4 aromatic rings. The molecule has 0 saturated heterocycles. The predicted molar refractivity (Wildman–Crippen MR) is 158 cm³/mol. The molecule has 4 rings (SSSR count). The molecule has 210 valence electrons. The summed E-state index contributed by atoms with van der Waals surface area (Å²) in [6.07, 6.45) is 0.486. The van der Waals surface area contributed by atoms with Gasteiger partial charge in [-0.05, 0) is 84.2 Å². The van der Waals surface area contributed by atoms with Crippen molar-refractivity contribution in [3.63, 3.8) is 0 Å². The zero-order valence-electron chi connectivity index (χ0n) is 22.4. The maximum Gasteiger partial charge on any atom is 0.407 e. The molecular weight excluding hydrogens is 600 g/mol. The van der Waals surface area contributed by atoms with Crippen molar-refractivity contribution in [2.24, 2.45) is 0 Å². The van der Waals surface area contributed by atoms with Gasteiger partial charge in [0, 0.05) is 17.8 Å². The van der Waals surface area contributed by atoms with Crippen molar-refractivity contribution in [3.05, 3.63) is 92.6 Å². The van der Waals surface area contributed by atoms with Crippen LogP contribution in [0.4, 0.5) is 10.5 Å². The molecule has 0 aliphatic rings. The van der Waals surface area contributed by atoms with Crippen LogP contribution < -0.4 is 20.2 Å². The standard InChI is InChI=1S/C29H29BrN2O7S/c1-29(2,3)39-28(34)31-16-19-14-22-24(33)27(37-17-18-8-6-5-7-9-18)25(38-26(22)23(30)15-19)20-10-12-21(13-11-20)32-40(4,35)36/h5-15,32H,16-17H2,1-4H3,(H,31,34). The number of rotatable bonds is 8. The topological polar surface area (TPSA) is 124 Å². The number of benzene rings is 3. The van der Waals surface area contributed by atoms with E-state index < -0.39 is 27.1 Å². The Morgan fingerprint density at radius 3 is 2.30 bits per heavy atom. The normalized spacial score (nSPS) is 11.7. The van der Waals surface area contributed by atoms with Crippen LogP contribution in [-0.4, -0.2) is 26.4 Å². The molecule has 11 heteroatoms. The number of anilines is 1. The first-order valence-electron chi connectivity index (χ1n) is 12.3. The van der Waals surface area contributed by atoms with Crippen molar-refractivity contribution in [2.75, 3.05) is 11.0 Å². The molecular formula is C29H29BrN2O7S. The maximum atomic E-state index is 13.8. The van der Waals surface area contributed by atoms with Crippen molar-refractivity contribution in [1.82, 2.24) is 5.32 Å². The van der Waals surface area contributed by atoms with E-state index >= 15 is 0 Å². The van der Waals surface area contributed by atoms with E-state index in [2.05, 4.69) is 26.0 Å². The average molecular weight is 630 g/mol. The number of nitrogens with one attached hydrogen (secondary N) is 2. The Labute approximate surface area is 240 Å². The van der Waals surface area contributed by atoms with Gasteiger partial charge in [0.2, 0.25) is 21.2 Å². The summed E-state index contributed by atoms with van der Waals surface area (Å²) in [6, 6.07) is 19.2. The molecule has 1 amide bonds. The number of hydrogen-bond acceptors (Lipinski definition) is 7. The molecule has 0 atom stereocenters. The Bertz CT molecular complexity index is 1700. The summed E-state index contributed by atoms with van der Waals surface area (Å²) in [7, 11) is -3.46. The number of amides is 1. The first kappa shape index (κ1) is 29.2. The second kappa shape index (κ2) is 11.7. The van der Waals surface area contributed by atoms with Crippen molar-refractivity contribution >= 4 is 48.7 Å². The van der Waals surface area contributed by atoms with Crippen LogP contribution in [-0.2, 0) is 27.9 Å². The molecule has 1 aromatic heterocycles. The Hall–Kier alpha value is -3.83. The number of fused-ring (bicyclic) bond motifs is 1. The van der Waals surface area contributed by atoms with E-state index in [0.29, 0.717) is 26.9 Å². The summed E-state index contributed by atoms with van der Waals surface area (Å²) < 4.78 is 43.7. The third-order valence-corrected chi connectivity index (χ3v) is 6.67. The lowest BCUT2D eigenvalue weighted by molar-refractivity contribution is 0.0523. The highest BCUT2D eigenvalue weighted by atomic mass is 79.9. The minimum absolute atomic E-state index is 0.00401. The van der Waals surface area contributed by atoms with E-state index in [0.717, 1.165) is 11.8 Å². The molecule has 1 heterocycles. The molecule has 0 unspecified atom stereocenters. The highest BCUT2D eigenvalue weighted by Crippen LogP contribution is 2.35. The number of hydrogen-bond donors (Lipinski definition) is 2. The number of ether oxygens (including phenoxy) is 2. The summed E-state index contributed by atoms with van der Waals surface area (Å²) >= 11 is 3.50. The van der Waals surface area contributed by atoms with Crippen molar-refractivity contribution in [2.45, 2.75) is 39.5 Å². The molecule has 40 heavy (non-hydrogen) atoms. The van der Waals surface area contributed by atoms with Gasteiger partial charge in [-0.3, -0.25) is 9.52 Å². The van der Waals surface area contributed by atoms with Gasteiger partial charge in [-0.1, -0.05) is 30.3 Å². The van der Waals surface area contributed by atoms with Crippen LogP contribution in [0.3, 0.4) is 0 Å². The minimum Gasteiger partial charge on any atom is -0.481 e. The summed E-state index contributed by atoms with van der Waals surface area (Å²) in [6.45, 7) is 5.57. The number of halogens is 1. The van der Waals surface area contributed by atoms with Crippen molar-refractivity contribution in [1.29, 1.82) is 0 Å². The van der Waals surface area contributed by atoms with Crippen LogP contribution in [0.2, 0.25) is 0 Å². The van der Waals surface area contributed by atoms with Gasteiger partial charge in [0.15, 0.2) is 11.3 Å². The van der Waals surface area contributed by atoms with Crippen molar-refractivity contribution < 1.29 is 27.1 Å².